The van der Waals surface area contributed by atoms with E-state index in [1.54, 1.807) is 19.1 Å². The summed E-state index contributed by atoms with van der Waals surface area (Å²) in [4.78, 5) is 23.9. The number of rotatable bonds is 4. The van der Waals surface area contributed by atoms with Gasteiger partial charge in [0.25, 0.3) is 5.91 Å². The molecule has 1 heterocycles. The number of likely N-dealkylation sites (N-methyl/N-ethyl adjacent to an activating group) is 1. The Morgan fingerprint density at radius 1 is 1.53 bits per heavy atom. The van der Waals surface area contributed by atoms with Gasteiger partial charge in [0, 0.05) is 6.54 Å². The topological polar surface area (TPSA) is 57.6 Å². The van der Waals surface area contributed by atoms with Crippen LogP contribution < -0.4 is 0 Å². The molecule has 0 fully saturated rings. The number of amides is 1. The fourth-order valence-electron chi connectivity index (χ4n) is 1.08. The molecule has 0 bridgehead atoms. The van der Waals surface area contributed by atoms with Crippen LogP contribution in [-0.4, -0.2) is 35.0 Å². The van der Waals surface area contributed by atoms with E-state index in [0.29, 0.717) is 15.8 Å². The summed E-state index contributed by atoms with van der Waals surface area (Å²) in [6.45, 7) is 1.81. The normalized spacial score (nSPS) is 10.0. The molecule has 0 spiro atoms. The molecule has 0 aliphatic carbocycles. The van der Waals surface area contributed by atoms with Crippen LogP contribution in [0.25, 0.3) is 0 Å². The summed E-state index contributed by atoms with van der Waals surface area (Å²) in [6.07, 6.45) is 0. The average Bonchev–Trinajstić information content (AvgIpc) is 2.60. The zero-order valence-corrected chi connectivity index (χ0v) is 9.64. The second-order valence-corrected chi connectivity index (χ2v) is 4.53. The third-order valence-electron chi connectivity index (χ3n) is 1.78. The van der Waals surface area contributed by atoms with Crippen molar-refractivity contribution in [2.24, 2.45) is 0 Å². The number of halogens is 1. The Morgan fingerprint density at radius 3 is 2.60 bits per heavy atom. The van der Waals surface area contributed by atoms with Crippen LogP contribution in [-0.2, 0) is 4.79 Å². The largest absolute Gasteiger partial charge is 0.480 e. The lowest BCUT2D eigenvalue weighted by Gasteiger charge is -2.17. The number of carboxylic acid groups (broad SMARTS) is 1. The van der Waals surface area contributed by atoms with Crippen molar-refractivity contribution in [2.45, 2.75) is 6.92 Å². The van der Waals surface area contributed by atoms with Crippen molar-refractivity contribution in [1.29, 1.82) is 0 Å². The van der Waals surface area contributed by atoms with E-state index < -0.39 is 5.97 Å². The Labute approximate surface area is 96.1 Å². The lowest BCUT2D eigenvalue weighted by atomic mass is 10.4. The number of hydrogen-bond donors (Lipinski definition) is 1. The summed E-state index contributed by atoms with van der Waals surface area (Å²) in [6, 6.07) is 3.22. The highest BCUT2D eigenvalue weighted by Gasteiger charge is 2.18. The zero-order chi connectivity index (χ0) is 11.4. The number of nitrogens with zero attached hydrogens (tertiary/aromatic N) is 1. The maximum Gasteiger partial charge on any atom is 0.323 e. The molecule has 0 aliphatic rings. The Hall–Kier alpha value is -1.07. The number of carbonyl (C=O) groups is 2. The van der Waals surface area contributed by atoms with Gasteiger partial charge < -0.3 is 10.0 Å². The Morgan fingerprint density at radius 2 is 2.20 bits per heavy atom. The molecular weight excluding hydrogens is 238 g/mol. The van der Waals surface area contributed by atoms with Gasteiger partial charge in [0.15, 0.2) is 0 Å². The van der Waals surface area contributed by atoms with E-state index >= 15 is 0 Å². The summed E-state index contributed by atoms with van der Waals surface area (Å²) in [5.41, 5.74) is 0. The van der Waals surface area contributed by atoms with Gasteiger partial charge in [-0.3, -0.25) is 9.59 Å². The van der Waals surface area contributed by atoms with Gasteiger partial charge in [-0.05, 0) is 19.1 Å². The maximum absolute atomic E-state index is 11.7. The minimum Gasteiger partial charge on any atom is -0.480 e. The first kappa shape index (κ1) is 12.0. The van der Waals surface area contributed by atoms with Gasteiger partial charge in [-0.15, -0.1) is 11.3 Å². The molecule has 6 heteroatoms. The van der Waals surface area contributed by atoms with Crippen molar-refractivity contribution in [3.05, 3.63) is 21.3 Å². The molecule has 15 heavy (non-hydrogen) atoms. The summed E-state index contributed by atoms with van der Waals surface area (Å²) in [5.74, 6) is -1.32. The number of aliphatic carboxylic acids is 1. The Balaban J connectivity index is 2.77. The van der Waals surface area contributed by atoms with E-state index in [0.717, 1.165) is 11.3 Å². The van der Waals surface area contributed by atoms with Crippen LogP contribution in [0.3, 0.4) is 0 Å². The minimum atomic E-state index is -1.02. The minimum absolute atomic E-state index is 0.287. The number of carbonyl (C=O) groups excluding carboxylic acids is 1. The van der Waals surface area contributed by atoms with E-state index in [2.05, 4.69) is 0 Å². The van der Waals surface area contributed by atoms with Gasteiger partial charge in [0.05, 0.1) is 9.21 Å². The van der Waals surface area contributed by atoms with Gasteiger partial charge in [-0.1, -0.05) is 11.6 Å². The summed E-state index contributed by atoms with van der Waals surface area (Å²) in [7, 11) is 0. The standard InChI is InChI=1S/C9H10ClNO3S/c1-2-11(5-8(12)13)9(14)6-3-4-7(10)15-6/h3-4H,2,5H2,1H3,(H,12,13). The molecule has 0 unspecified atom stereocenters. The van der Waals surface area contributed by atoms with Crippen LogP contribution in [0, 0.1) is 0 Å². The molecule has 0 saturated heterocycles. The highest BCUT2D eigenvalue weighted by atomic mass is 35.5. The molecule has 0 radical (unpaired) electrons. The van der Waals surface area contributed by atoms with Gasteiger partial charge >= 0.3 is 5.97 Å². The molecule has 4 nitrogen and oxygen atoms in total. The van der Waals surface area contributed by atoms with E-state index in [4.69, 9.17) is 16.7 Å². The number of hydrogen-bond acceptors (Lipinski definition) is 3. The van der Waals surface area contributed by atoms with Crippen molar-refractivity contribution in [1.82, 2.24) is 4.90 Å². The van der Waals surface area contributed by atoms with Crippen molar-refractivity contribution in [3.63, 3.8) is 0 Å². The first-order chi connectivity index (χ1) is 7.04. The van der Waals surface area contributed by atoms with Crippen molar-refractivity contribution >= 4 is 34.8 Å². The van der Waals surface area contributed by atoms with Crippen LogP contribution in [0.5, 0.6) is 0 Å². The second-order valence-electron chi connectivity index (χ2n) is 2.82. The highest BCUT2D eigenvalue weighted by molar-refractivity contribution is 7.17. The first-order valence-corrected chi connectivity index (χ1v) is 5.50. The monoisotopic (exact) mass is 247 g/mol. The third-order valence-corrected chi connectivity index (χ3v) is 3.00. The lowest BCUT2D eigenvalue weighted by molar-refractivity contribution is -0.137. The number of carboxylic acids is 1. The van der Waals surface area contributed by atoms with E-state index in [1.807, 2.05) is 0 Å². The molecule has 82 valence electrons. The highest BCUT2D eigenvalue weighted by Crippen LogP contribution is 2.22. The fraction of sp³-hybridized carbons (Fsp3) is 0.333. The summed E-state index contributed by atoms with van der Waals surface area (Å²) in [5, 5.41) is 8.60. The van der Waals surface area contributed by atoms with Crippen LogP contribution in [0.15, 0.2) is 12.1 Å². The van der Waals surface area contributed by atoms with Crippen LogP contribution in [0.1, 0.15) is 16.6 Å². The van der Waals surface area contributed by atoms with Gasteiger partial charge in [0.2, 0.25) is 0 Å². The zero-order valence-electron chi connectivity index (χ0n) is 8.07. The van der Waals surface area contributed by atoms with Crippen molar-refractivity contribution < 1.29 is 14.7 Å². The summed E-state index contributed by atoms with van der Waals surface area (Å²) >= 11 is 6.84. The molecule has 0 atom stereocenters. The van der Waals surface area contributed by atoms with E-state index in [9.17, 15) is 9.59 Å². The van der Waals surface area contributed by atoms with Crippen molar-refractivity contribution in [2.75, 3.05) is 13.1 Å². The molecule has 0 aliphatic heterocycles. The SMILES string of the molecule is CCN(CC(=O)O)C(=O)c1ccc(Cl)s1. The van der Waals surface area contributed by atoms with Gasteiger partial charge in [0.1, 0.15) is 6.54 Å². The van der Waals surface area contributed by atoms with Crippen LogP contribution >= 0.6 is 22.9 Å². The molecule has 0 aromatic carbocycles. The molecule has 1 aromatic heterocycles. The maximum atomic E-state index is 11.7. The quantitative estimate of drug-likeness (QED) is 0.885. The Bertz CT molecular complexity index is 377. The fourth-order valence-corrected chi connectivity index (χ4v) is 2.09. The van der Waals surface area contributed by atoms with Crippen LogP contribution in [0.2, 0.25) is 4.34 Å². The van der Waals surface area contributed by atoms with Gasteiger partial charge in [-0.2, -0.15) is 0 Å². The molecule has 1 rings (SSSR count). The number of thiophene rings is 1. The lowest BCUT2D eigenvalue weighted by Crippen LogP contribution is -2.34. The summed E-state index contributed by atoms with van der Waals surface area (Å²) < 4.78 is 0.518. The molecule has 1 aromatic rings. The van der Waals surface area contributed by atoms with E-state index in [-0.39, 0.29) is 12.5 Å². The predicted molar refractivity (Wildman–Crippen MR) is 58.5 cm³/mol. The smallest absolute Gasteiger partial charge is 0.323 e. The third kappa shape index (κ3) is 3.21. The van der Waals surface area contributed by atoms with Gasteiger partial charge in [-0.25, -0.2) is 0 Å². The van der Waals surface area contributed by atoms with E-state index in [1.165, 1.54) is 4.90 Å². The molecular formula is C9H10ClNO3S. The first-order valence-electron chi connectivity index (χ1n) is 4.31. The van der Waals surface area contributed by atoms with Crippen molar-refractivity contribution in [3.8, 4) is 0 Å². The molecule has 1 amide bonds. The Kier molecular flexibility index (Phi) is 4.11. The predicted octanol–water partition coefficient (Wildman–Crippen LogP) is 1.95. The molecule has 0 saturated carbocycles. The van der Waals surface area contributed by atoms with Crippen LogP contribution in [0.4, 0.5) is 0 Å². The average molecular weight is 248 g/mol. The second kappa shape index (κ2) is 5.14. The molecule has 1 N–H and O–H groups in total.